The van der Waals surface area contributed by atoms with E-state index in [-0.39, 0.29) is 34.9 Å². The average Bonchev–Trinajstić information content (AvgIpc) is 2.91. The maximum absolute atomic E-state index is 12.6. The third-order valence-electron chi connectivity index (χ3n) is 6.22. The summed E-state index contributed by atoms with van der Waals surface area (Å²) in [6.07, 6.45) is 1.70. The van der Waals surface area contributed by atoms with Crippen LogP contribution in [-0.2, 0) is 19.5 Å². The van der Waals surface area contributed by atoms with Crippen LogP contribution in [0.5, 0.6) is 0 Å². The number of nitrogens with one attached hydrogen (secondary N) is 2. The van der Waals surface area contributed by atoms with Gasteiger partial charge in [0.25, 0.3) is 0 Å². The Kier molecular flexibility index (Phi) is 4.48. The molecule has 0 bridgehead atoms. The van der Waals surface area contributed by atoms with Gasteiger partial charge >= 0.3 is 7.12 Å². The Morgan fingerprint density at radius 1 is 1.04 bits per heavy atom. The average molecular weight is 365 g/mol. The minimum Gasteiger partial charge on any atom is -0.399 e. The van der Waals surface area contributed by atoms with E-state index >= 15 is 0 Å². The van der Waals surface area contributed by atoms with E-state index in [0.29, 0.717) is 0 Å². The summed E-state index contributed by atoms with van der Waals surface area (Å²) in [6, 6.07) is 6.15. The fourth-order valence-electron chi connectivity index (χ4n) is 3.92. The summed E-state index contributed by atoms with van der Waals surface area (Å²) >= 11 is 0. The van der Waals surface area contributed by atoms with E-state index in [0.717, 1.165) is 42.6 Å². The Bertz CT molecular complexity index is 686. The van der Waals surface area contributed by atoms with Gasteiger partial charge in [-0.2, -0.15) is 0 Å². The number of anilines is 1. The smallest absolute Gasteiger partial charge is 0.399 e. The highest BCUT2D eigenvalue weighted by Gasteiger charge is 2.52. The first-order valence-corrected chi connectivity index (χ1v) is 8.77. The molecular formula is C18H26BClN2O3. The second kappa shape index (κ2) is 5.98. The van der Waals surface area contributed by atoms with Gasteiger partial charge in [0, 0.05) is 5.69 Å². The highest BCUT2D eigenvalue weighted by molar-refractivity contribution is 6.62. The van der Waals surface area contributed by atoms with E-state index in [1.54, 1.807) is 0 Å². The van der Waals surface area contributed by atoms with Crippen LogP contribution in [0.3, 0.4) is 0 Å². The molecule has 2 fully saturated rings. The molecule has 25 heavy (non-hydrogen) atoms. The molecule has 5 nitrogen and oxygen atoms in total. The van der Waals surface area contributed by atoms with Crippen LogP contribution in [0.25, 0.3) is 0 Å². The molecule has 1 spiro atoms. The molecule has 0 atom stereocenters. The predicted octanol–water partition coefficient (Wildman–Crippen LogP) is 1.98. The third kappa shape index (κ3) is 2.70. The van der Waals surface area contributed by atoms with Crippen LogP contribution >= 0.6 is 12.4 Å². The molecule has 0 aliphatic carbocycles. The number of amides is 1. The van der Waals surface area contributed by atoms with Crippen molar-refractivity contribution in [3.63, 3.8) is 0 Å². The van der Waals surface area contributed by atoms with Crippen LogP contribution in [0.1, 0.15) is 46.1 Å². The predicted molar refractivity (Wildman–Crippen MR) is 102 cm³/mol. The van der Waals surface area contributed by atoms with Crippen LogP contribution in [0.4, 0.5) is 5.69 Å². The largest absolute Gasteiger partial charge is 0.494 e. The van der Waals surface area contributed by atoms with Gasteiger partial charge < -0.3 is 19.9 Å². The summed E-state index contributed by atoms with van der Waals surface area (Å²) in [5.74, 6) is 0.130. The van der Waals surface area contributed by atoms with Gasteiger partial charge in [-0.15, -0.1) is 12.4 Å². The molecule has 3 aliphatic heterocycles. The number of benzene rings is 1. The van der Waals surface area contributed by atoms with Crippen molar-refractivity contribution in [3.8, 4) is 0 Å². The number of hydrogen-bond donors (Lipinski definition) is 2. The van der Waals surface area contributed by atoms with Gasteiger partial charge in [0.15, 0.2) is 0 Å². The number of carbonyl (C=O) groups is 1. The molecule has 1 amide bonds. The first-order valence-electron chi connectivity index (χ1n) is 8.77. The minimum atomic E-state index is -0.401. The quantitative estimate of drug-likeness (QED) is 0.748. The molecule has 1 aromatic carbocycles. The van der Waals surface area contributed by atoms with Crippen LogP contribution in [0.15, 0.2) is 18.2 Å². The highest BCUT2D eigenvalue weighted by Crippen LogP contribution is 2.44. The number of halogens is 1. The molecule has 2 N–H and O–H groups in total. The molecule has 7 heteroatoms. The lowest BCUT2D eigenvalue weighted by Gasteiger charge is -2.32. The summed E-state index contributed by atoms with van der Waals surface area (Å²) < 4.78 is 12.3. The monoisotopic (exact) mass is 364 g/mol. The molecule has 0 unspecified atom stereocenters. The third-order valence-corrected chi connectivity index (χ3v) is 6.22. The molecule has 3 aliphatic rings. The molecule has 4 rings (SSSR count). The van der Waals surface area contributed by atoms with Crippen molar-refractivity contribution in [1.82, 2.24) is 5.32 Å². The van der Waals surface area contributed by atoms with Gasteiger partial charge in [0.2, 0.25) is 5.91 Å². The minimum absolute atomic E-state index is 0. The molecule has 0 saturated carbocycles. The van der Waals surface area contributed by atoms with Crippen LogP contribution < -0.4 is 16.1 Å². The summed E-state index contributed by atoms with van der Waals surface area (Å²) in [5, 5.41) is 6.43. The zero-order chi connectivity index (χ0) is 17.2. The van der Waals surface area contributed by atoms with Crippen molar-refractivity contribution < 1.29 is 14.1 Å². The second-order valence-corrected chi connectivity index (χ2v) is 8.18. The van der Waals surface area contributed by atoms with Gasteiger partial charge in [0.1, 0.15) is 0 Å². The molecule has 0 radical (unpaired) electrons. The zero-order valence-corrected chi connectivity index (χ0v) is 16.1. The van der Waals surface area contributed by atoms with Gasteiger partial charge in [-0.05, 0) is 70.7 Å². The SMILES string of the molecule is CC1(C)OB(c2ccc3c(c2)NC(=O)C32CCNCC2)OC1(C)C.Cl. The van der Waals surface area contributed by atoms with Crippen LogP contribution in [0.2, 0.25) is 0 Å². The number of piperidine rings is 1. The Morgan fingerprint density at radius 2 is 1.64 bits per heavy atom. The lowest BCUT2D eigenvalue weighted by molar-refractivity contribution is -0.121. The maximum atomic E-state index is 12.6. The van der Waals surface area contributed by atoms with Gasteiger partial charge in [0.05, 0.1) is 16.6 Å². The van der Waals surface area contributed by atoms with Crippen molar-refractivity contribution in [1.29, 1.82) is 0 Å². The van der Waals surface area contributed by atoms with Gasteiger partial charge in [-0.3, -0.25) is 4.79 Å². The first kappa shape index (κ1) is 18.7. The van der Waals surface area contributed by atoms with E-state index < -0.39 is 7.12 Å². The summed E-state index contributed by atoms with van der Waals surface area (Å²) in [6.45, 7) is 9.95. The summed E-state index contributed by atoms with van der Waals surface area (Å²) in [4.78, 5) is 12.6. The zero-order valence-electron chi connectivity index (χ0n) is 15.3. The number of rotatable bonds is 1. The van der Waals surface area contributed by atoms with E-state index in [1.165, 1.54) is 0 Å². The lowest BCUT2D eigenvalue weighted by atomic mass is 9.72. The topological polar surface area (TPSA) is 59.6 Å². The van der Waals surface area contributed by atoms with Gasteiger partial charge in [-0.25, -0.2) is 0 Å². The van der Waals surface area contributed by atoms with Crippen molar-refractivity contribution in [2.24, 2.45) is 0 Å². The molecule has 2 saturated heterocycles. The highest BCUT2D eigenvalue weighted by atomic mass is 35.5. The number of carbonyl (C=O) groups excluding carboxylic acids is 1. The number of fused-ring (bicyclic) bond motifs is 2. The summed E-state index contributed by atoms with van der Waals surface area (Å²) in [7, 11) is -0.401. The van der Waals surface area contributed by atoms with Crippen LogP contribution in [0, 0.1) is 0 Å². The van der Waals surface area contributed by atoms with E-state index in [9.17, 15) is 4.79 Å². The number of hydrogen-bond acceptors (Lipinski definition) is 4. The van der Waals surface area contributed by atoms with Crippen molar-refractivity contribution >= 4 is 36.6 Å². The molecule has 3 heterocycles. The molecule has 1 aromatic rings. The van der Waals surface area contributed by atoms with Gasteiger partial charge in [-0.1, -0.05) is 12.1 Å². The van der Waals surface area contributed by atoms with E-state index in [1.807, 2.05) is 39.8 Å². The lowest BCUT2D eigenvalue weighted by Crippen LogP contribution is -2.44. The normalized spacial score (nSPS) is 25.4. The van der Waals surface area contributed by atoms with E-state index in [2.05, 4.69) is 16.7 Å². The molecule has 0 aromatic heterocycles. The first-order chi connectivity index (χ1) is 11.3. The molecule has 136 valence electrons. The maximum Gasteiger partial charge on any atom is 0.494 e. The molecular weight excluding hydrogens is 338 g/mol. The van der Waals surface area contributed by atoms with Crippen molar-refractivity contribution in [2.75, 3.05) is 18.4 Å². The Morgan fingerprint density at radius 3 is 2.24 bits per heavy atom. The Labute approximate surface area is 155 Å². The van der Waals surface area contributed by atoms with E-state index in [4.69, 9.17) is 9.31 Å². The van der Waals surface area contributed by atoms with Crippen LogP contribution in [-0.4, -0.2) is 37.3 Å². The van der Waals surface area contributed by atoms with Crippen molar-refractivity contribution in [2.45, 2.75) is 57.2 Å². The standard InChI is InChI=1S/C18H25BN2O3.ClH/c1-16(2)17(3,4)24-19(23-16)12-5-6-13-14(11-12)21-15(22)18(13)7-9-20-10-8-18;/h5-6,11,20H,7-10H2,1-4H3,(H,21,22);1H. The second-order valence-electron chi connectivity index (χ2n) is 8.18. The summed E-state index contributed by atoms with van der Waals surface area (Å²) in [5.41, 5.74) is 1.89. The fourth-order valence-corrected chi connectivity index (χ4v) is 3.92. The fraction of sp³-hybridized carbons (Fsp3) is 0.611. The van der Waals surface area contributed by atoms with Crippen molar-refractivity contribution in [3.05, 3.63) is 23.8 Å². The Balaban J connectivity index is 0.00000182. The Hall–Kier alpha value is -1.08.